The topological polar surface area (TPSA) is 78.4 Å². The third-order valence-corrected chi connectivity index (χ3v) is 2.83. The molecule has 5 nitrogen and oxygen atoms in total. The van der Waals surface area contributed by atoms with Gasteiger partial charge in [0.25, 0.3) is 0 Å². The van der Waals surface area contributed by atoms with Crippen LogP contribution in [0.4, 0.5) is 10.1 Å². The predicted octanol–water partition coefficient (Wildman–Crippen LogP) is 3.29. The van der Waals surface area contributed by atoms with E-state index in [0.29, 0.717) is 11.1 Å². The molecular weight excluding hydrogens is 263 g/mol. The predicted molar refractivity (Wildman–Crippen MR) is 72.2 cm³/mol. The first-order chi connectivity index (χ1) is 9.52. The van der Waals surface area contributed by atoms with Gasteiger partial charge in [0.1, 0.15) is 0 Å². The van der Waals surface area contributed by atoms with E-state index in [0.717, 1.165) is 0 Å². The van der Waals surface area contributed by atoms with Crippen molar-refractivity contribution in [3.05, 3.63) is 63.5 Å². The smallest absolute Gasteiger partial charge is 0.311 e. The molecular formula is C14H13FN2O3. The van der Waals surface area contributed by atoms with E-state index in [1.54, 1.807) is 25.1 Å². The van der Waals surface area contributed by atoms with Crippen LogP contribution in [-0.4, -0.2) is 4.92 Å². The average Bonchev–Trinajstić information content (AvgIpc) is 2.42. The first-order valence-corrected chi connectivity index (χ1v) is 5.93. The normalized spacial score (nSPS) is 10.3. The summed E-state index contributed by atoms with van der Waals surface area (Å²) in [7, 11) is 0. The Hall–Kier alpha value is -2.47. The first kappa shape index (κ1) is 14.0. The van der Waals surface area contributed by atoms with E-state index in [9.17, 15) is 14.5 Å². The molecule has 0 heterocycles. The number of benzene rings is 2. The number of rotatable bonds is 4. The van der Waals surface area contributed by atoms with Crippen molar-refractivity contribution in [1.29, 1.82) is 0 Å². The molecule has 2 aromatic carbocycles. The summed E-state index contributed by atoms with van der Waals surface area (Å²) in [6.07, 6.45) is 0. The summed E-state index contributed by atoms with van der Waals surface area (Å²) < 4.78 is 19.2. The molecule has 0 fully saturated rings. The molecule has 0 saturated heterocycles. The molecule has 104 valence electrons. The number of ether oxygens (including phenoxy) is 1. The molecule has 2 N–H and O–H groups in total. The van der Waals surface area contributed by atoms with Crippen molar-refractivity contribution in [2.24, 2.45) is 5.73 Å². The minimum absolute atomic E-state index is 0.0388. The van der Waals surface area contributed by atoms with Gasteiger partial charge in [-0.2, -0.15) is 0 Å². The molecule has 0 aliphatic heterocycles. The molecule has 0 aliphatic carbocycles. The number of nitrogens with two attached hydrogens (primary N) is 1. The van der Waals surface area contributed by atoms with E-state index in [4.69, 9.17) is 10.5 Å². The first-order valence-electron chi connectivity index (χ1n) is 5.93. The quantitative estimate of drug-likeness (QED) is 0.686. The van der Waals surface area contributed by atoms with Crippen molar-refractivity contribution in [2.75, 3.05) is 0 Å². The van der Waals surface area contributed by atoms with Crippen LogP contribution in [0.25, 0.3) is 0 Å². The Labute approximate surface area is 114 Å². The van der Waals surface area contributed by atoms with Crippen molar-refractivity contribution in [2.45, 2.75) is 13.5 Å². The fourth-order valence-electron chi connectivity index (χ4n) is 1.78. The van der Waals surface area contributed by atoms with Crippen molar-refractivity contribution >= 4 is 5.69 Å². The molecule has 0 aliphatic rings. The Kier molecular flexibility index (Phi) is 3.95. The second-order valence-corrected chi connectivity index (χ2v) is 4.25. The zero-order chi connectivity index (χ0) is 14.7. The van der Waals surface area contributed by atoms with E-state index < -0.39 is 10.7 Å². The number of hydrogen-bond acceptors (Lipinski definition) is 4. The Morgan fingerprint density at radius 2 is 2.10 bits per heavy atom. The molecule has 0 radical (unpaired) electrons. The molecule has 2 rings (SSSR count). The number of aryl methyl sites for hydroxylation is 1. The van der Waals surface area contributed by atoms with Crippen LogP contribution < -0.4 is 10.5 Å². The lowest BCUT2D eigenvalue weighted by atomic mass is 10.2. The molecule has 2 aromatic rings. The number of halogens is 1. The van der Waals surface area contributed by atoms with Crippen molar-refractivity contribution in [1.82, 2.24) is 0 Å². The van der Waals surface area contributed by atoms with Gasteiger partial charge >= 0.3 is 5.69 Å². The molecule has 0 spiro atoms. The van der Waals surface area contributed by atoms with E-state index in [2.05, 4.69) is 0 Å². The second-order valence-electron chi connectivity index (χ2n) is 4.25. The fraction of sp³-hybridized carbons (Fsp3) is 0.143. The van der Waals surface area contributed by atoms with Gasteiger partial charge in [-0.05, 0) is 30.2 Å². The number of nitrogens with zero attached hydrogens (tertiary/aromatic N) is 1. The van der Waals surface area contributed by atoms with Crippen LogP contribution in [0.3, 0.4) is 0 Å². The monoisotopic (exact) mass is 276 g/mol. The fourth-order valence-corrected chi connectivity index (χ4v) is 1.78. The Balaban J connectivity index is 2.42. The van der Waals surface area contributed by atoms with Gasteiger partial charge < -0.3 is 10.5 Å². The van der Waals surface area contributed by atoms with Crippen LogP contribution in [0, 0.1) is 22.9 Å². The Bertz CT molecular complexity index is 659. The van der Waals surface area contributed by atoms with Gasteiger partial charge in [-0.25, -0.2) is 4.39 Å². The van der Waals surface area contributed by atoms with Gasteiger partial charge in [-0.15, -0.1) is 0 Å². The van der Waals surface area contributed by atoms with Crippen LogP contribution >= 0.6 is 0 Å². The lowest BCUT2D eigenvalue weighted by Crippen LogP contribution is -1.99. The Morgan fingerprint density at radius 1 is 1.35 bits per heavy atom. The zero-order valence-corrected chi connectivity index (χ0v) is 10.8. The standard InChI is InChI=1S/C14H13FN2O3/c1-9-3-2-4-12(17(18)19)14(9)20-13-6-5-10(8-16)7-11(13)15/h2-7H,8,16H2,1H3. The molecule has 0 atom stereocenters. The van der Waals surface area contributed by atoms with Crippen molar-refractivity contribution < 1.29 is 14.1 Å². The SMILES string of the molecule is Cc1cccc([N+](=O)[O-])c1Oc1ccc(CN)cc1F. The van der Waals surface area contributed by atoms with Gasteiger partial charge in [-0.1, -0.05) is 18.2 Å². The molecule has 0 amide bonds. The largest absolute Gasteiger partial charge is 0.447 e. The summed E-state index contributed by atoms with van der Waals surface area (Å²) in [5, 5.41) is 11.0. The van der Waals surface area contributed by atoms with Gasteiger partial charge in [0.05, 0.1) is 4.92 Å². The van der Waals surface area contributed by atoms with E-state index in [1.165, 1.54) is 18.2 Å². The van der Waals surface area contributed by atoms with E-state index in [-0.39, 0.29) is 23.7 Å². The van der Waals surface area contributed by atoms with Gasteiger partial charge in [-0.3, -0.25) is 10.1 Å². The number of para-hydroxylation sites is 1. The highest BCUT2D eigenvalue weighted by Crippen LogP contribution is 2.35. The molecule has 6 heteroatoms. The molecule has 0 bridgehead atoms. The van der Waals surface area contributed by atoms with E-state index >= 15 is 0 Å². The molecule has 0 unspecified atom stereocenters. The van der Waals surface area contributed by atoms with E-state index in [1.807, 2.05) is 0 Å². The Morgan fingerprint density at radius 3 is 2.70 bits per heavy atom. The maximum absolute atomic E-state index is 13.8. The van der Waals surface area contributed by atoms with Crippen molar-refractivity contribution in [3.8, 4) is 11.5 Å². The summed E-state index contributed by atoms with van der Waals surface area (Å²) >= 11 is 0. The minimum atomic E-state index is -0.606. The van der Waals surface area contributed by atoms with Crippen LogP contribution in [0.2, 0.25) is 0 Å². The van der Waals surface area contributed by atoms with Crippen molar-refractivity contribution in [3.63, 3.8) is 0 Å². The lowest BCUT2D eigenvalue weighted by Gasteiger charge is -2.10. The third kappa shape index (κ3) is 2.75. The molecule has 20 heavy (non-hydrogen) atoms. The van der Waals surface area contributed by atoms with Gasteiger partial charge in [0.2, 0.25) is 5.75 Å². The molecule has 0 aromatic heterocycles. The summed E-state index contributed by atoms with van der Waals surface area (Å²) in [6.45, 7) is 1.87. The second kappa shape index (κ2) is 5.66. The van der Waals surface area contributed by atoms with Gasteiger partial charge in [0.15, 0.2) is 11.6 Å². The minimum Gasteiger partial charge on any atom is -0.447 e. The summed E-state index contributed by atoms with van der Waals surface area (Å²) in [5.41, 5.74) is 6.39. The highest BCUT2D eigenvalue weighted by molar-refractivity contribution is 5.53. The maximum atomic E-state index is 13.8. The maximum Gasteiger partial charge on any atom is 0.311 e. The lowest BCUT2D eigenvalue weighted by molar-refractivity contribution is -0.385. The summed E-state index contributed by atoms with van der Waals surface area (Å²) in [5.74, 6) is -0.637. The summed E-state index contributed by atoms with van der Waals surface area (Å²) in [4.78, 5) is 10.4. The van der Waals surface area contributed by atoms with Crippen LogP contribution in [0.15, 0.2) is 36.4 Å². The summed E-state index contributed by atoms with van der Waals surface area (Å²) in [6, 6.07) is 8.80. The van der Waals surface area contributed by atoms with Crippen LogP contribution in [0.5, 0.6) is 11.5 Å². The zero-order valence-electron chi connectivity index (χ0n) is 10.8. The molecule has 0 saturated carbocycles. The highest BCUT2D eigenvalue weighted by Gasteiger charge is 2.19. The van der Waals surface area contributed by atoms with Gasteiger partial charge in [0, 0.05) is 12.6 Å². The number of nitro benzene ring substituents is 1. The third-order valence-electron chi connectivity index (χ3n) is 2.83. The van der Waals surface area contributed by atoms with Crippen LogP contribution in [-0.2, 0) is 6.54 Å². The average molecular weight is 276 g/mol. The highest BCUT2D eigenvalue weighted by atomic mass is 19.1. The van der Waals surface area contributed by atoms with Crippen LogP contribution in [0.1, 0.15) is 11.1 Å². The number of nitro groups is 1. The number of hydrogen-bond donors (Lipinski definition) is 1.